The summed E-state index contributed by atoms with van der Waals surface area (Å²) >= 11 is 0. The normalized spacial score (nSPS) is 17.6. The molecule has 36 heavy (non-hydrogen) atoms. The molecular weight excluding hydrogens is 456 g/mol. The van der Waals surface area contributed by atoms with Gasteiger partial charge in [-0.3, -0.25) is 14.5 Å². The van der Waals surface area contributed by atoms with E-state index in [0.29, 0.717) is 29.1 Å². The van der Waals surface area contributed by atoms with Crippen molar-refractivity contribution in [1.82, 2.24) is 25.1 Å². The van der Waals surface area contributed by atoms with Crippen molar-refractivity contribution in [2.45, 2.75) is 19.0 Å². The number of nitrogens with zero attached hydrogens (tertiary/aromatic N) is 5. The summed E-state index contributed by atoms with van der Waals surface area (Å²) in [4.78, 5) is 30.2. The number of methoxy groups -OCH3 is 1. The molecule has 4 aromatic rings. The maximum Gasteiger partial charge on any atom is 0.346 e. The first kappa shape index (κ1) is 23.0. The number of ether oxygens (including phenoxy) is 1. The Hall–Kier alpha value is -4.79. The summed E-state index contributed by atoms with van der Waals surface area (Å²) in [7, 11) is 1.57. The monoisotopic (exact) mass is 480 g/mol. The van der Waals surface area contributed by atoms with Gasteiger partial charge < -0.3 is 10.1 Å². The van der Waals surface area contributed by atoms with Crippen LogP contribution in [0.3, 0.4) is 0 Å². The maximum absolute atomic E-state index is 13.3. The fourth-order valence-electron chi connectivity index (χ4n) is 4.08. The van der Waals surface area contributed by atoms with Crippen molar-refractivity contribution in [1.29, 1.82) is 0 Å². The van der Waals surface area contributed by atoms with E-state index in [0.717, 1.165) is 16.1 Å². The van der Waals surface area contributed by atoms with Crippen molar-refractivity contribution in [3.63, 3.8) is 0 Å². The minimum Gasteiger partial charge on any atom is -0.497 e. The van der Waals surface area contributed by atoms with E-state index < -0.39 is 17.5 Å². The molecule has 0 spiro atoms. The lowest BCUT2D eigenvalue weighted by Gasteiger charge is -2.21. The lowest BCUT2D eigenvalue weighted by atomic mass is 9.92. The number of nitrogens with one attached hydrogen (secondary N) is 1. The zero-order valence-electron chi connectivity index (χ0n) is 19.8. The second-order valence-electron chi connectivity index (χ2n) is 8.50. The van der Waals surface area contributed by atoms with Crippen LogP contribution in [0, 0.1) is 0 Å². The molecule has 9 nitrogen and oxygen atoms in total. The minimum absolute atomic E-state index is 0.478. The lowest BCUT2D eigenvalue weighted by Crippen LogP contribution is -2.40. The van der Waals surface area contributed by atoms with Crippen LogP contribution in [-0.4, -0.2) is 45.0 Å². The number of hydrazone groups is 1. The van der Waals surface area contributed by atoms with Crippen LogP contribution in [0.2, 0.25) is 0 Å². The molecule has 9 heteroatoms. The Morgan fingerprint density at radius 2 is 1.83 bits per heavy atom. The number of hydrogen-bond acceptors (Lipinski definition) is 6. The first-order valence-corrected chi connectivity index (χ1v) is 11.3. The topological polar surface area (TPSA) is 102 Å². The van der Waals surface area contributed by atoms with Gasteiger partial charge in [0.25, 0.3) is 5.91 Å². The first-order chi connectivity index (χ1) is 17.5. The van der Waals surface area contributed by atoms with Crippen LogP contribution in [0.15, 0.2) is 90.4 Å². The average molecular weight is 481 g/mol. The van der Waals surface area contributed by atoms with E-state index in [1.165, 1.54) is 6.21 Å². The second-order valence-corrected chi connectivity index (χ2v) is 8.50. The van der Waals surface area contributed by atoms with Gasteiger partial charge in [-0.05, 0) is 42.3 Å². The molecule has 1 unspecified atom stereocenters. The predicted molar refractivity (Wildman–Crippen MR) is 134 cm³/mol. The van der Waals surface area contributed by atoms with Gasteiger partial charge in [0.15, 0.2) is 0 Å². The molecule has 0 saturated carbocycles. The molecule has 0 aliphatic carbocycles. The quantitative estimate of drug-likeness (QED) is 0.320. The molecule has 1 atom stereocenters. The van der Waals surface area contributed by atoms with Crippen molar-refractivity contribution in [3.8, 4) is 17.0 Å². The summed E-state index contributed by atoms with van der Waals surface area (Å²) < 4.78 is 6.99. The minimum atomic E-state index is -1.25. The highest BCUT2D eigenvalue weighted by atomic mass is 16.5. The molecular formula is C27H24N6O3. The molecule has 1 saturated heterocycles. The molecule has 1 aliphatic rings. The SMILES string of the molecule is COc1ccc(C2(C)NC(=O)N(/N=C/c3cn(Cc4ccccc4)nc3-c3cccnc3)C2=O)cc1. The molecule has 5 rings (SSSR count). The number of hydrogen-bond donors (Lipinski definition) is 1. The third kappa shape index (κ3) is 4.34. The fourth-order valence-corrected chi connectivity index (χ4v) is 4.08. The van der Waals surface area contributed by atoms with Gasteiger partial charge in [-0.25, -0.2) is 4.79 Å². The van der Waals surface area contributed by atoms with Gasteiger partial charge in [0.1, 0.15) is 17.0 Å². The van der Waals surface area contributed by atoms with Crippen molar-refractivity contribution in [2.24, 2.45) is 5.10 Å². The maximum atomic E-state index is 13.3. The van der Waals surface area contributed by atoms with E-state index in [-0.39, 0.29) is 0 Å². The summed E-state index contributed by atoms with van der Waals surface area (Å²) in [6, 6.07) is 20.0. The van der Waals surface area contributed by atoms with Crippen LogP contribution in [0.4, 0.5) is 4.79 Å². The molecule has 1 aliphatic heterocycles. The number of aromatic nitrogens is 3. The van der Waals surface area contributed by atoms with Gasteiger partial charge in [-0.15, -0.1) is 5.01 Å². The van der Waals surface area contributed by atoms with Gasteiger partial charge in [-0.1, -0.05) is 42.5 Å². The second kappa shape index (κ2) is 9.46. The molecule has 1 fully saturated rings. The highest BCUT2D eigenvalue weighted by Crippen LogP contribution is 2.30. The zero-order chi connectivity index (χ0) is 25.1. The van der Waals surface area contributed by atoms with Gasteiger partial charge in [0, 0.05) is 29.7 Å². The number of carbonyl (C=O) groups excluding carboxylic acids is 2. The molecule has 2 aromatic carbocycles. The van der Waals surface area contributed by atoms with Crippen LogP contribution in [0.1, 0.15) is 23.6 Å². The molecule has 2 aromatic heterocycles. The number of pyridine rings is 1. The number of imide groups is 1. The highest BCUT2D eigenvalue weighted by molar-refractivity contribution is 6.07. The smallest absolute Gasteiger partial charge is 0.346 e. The zero-order valence-corrected chi connectivity index (χ0v) is 19.8. The van der Waals surface area contributed by atoms with Crippen LogP contribution < -0.4 is 10.1 Å². The summed E-state index contributed by atoms with van der Waals surface area (Å²) in [5, 5.41) is 12.6. The third-order valence-electron chi connectivity index (χ3n) is 6.06. The standard InChI is InChI=1S/C27H24N6O3/c1-27(22-10-12-23(36-2)13-11-22)25(34)33(26(35)30-27)29-16-21-18-32(17-19-7-4-3-5-8-19)31-24(21)20-9-6-14-28-15-20/h3-16,18H,17H2,1-2H3,(H,30,35)/b29-16+. The summed E-state index contributed by atoms with van der Waals surface area (Å²) in [6.45, 7) is 2.21. The van der Waals surface area contributed by atoms with Gasteiger partial charge in [0.05, 0.1) is 19.9 Å². The van der Waals surface area contributed by atoms with Crippen LogP contribution >= 0.6 is 0 Å². The molecule has 0 bridgehead atoms. The number of amides is 3. The molecule has 1 N–H and O–H groups in total. The third-order valence-corrected chi connectivity index (χ3v) is 6.06. The Bertz CT molecular complexity index is 1420. The number of rotatable bonds is 7. The summed E-state index contributed by atoms with van der Waals surface area (Å²) in [6.07, 6.45) is 6.71. The van der Waals surface area contributed by atoms with E-state index in [1.54, 1.807) is 55.4 Å². The molecule has 0 radical (unpaired) electrons. The van der Waals surface area contributed by atoms with Crippen LogP contribution in [-0.2, 0) is 16.9 Å². The number of benzene rings is 2. The summed E-state index contributed by atoms with van der Waals surface area (Å²) in [5.41, 5.74) is 2.57. The van der Waals surface area contributed by atoms with Crippen molar-refractivity contribution in [3.05, 3.63) is 102 Å². The fraction of sp³-hybridized carbons (Fsp3) is 0.148. The highest BCUT2D eigenvalue weighted by Gasteiger charge is 2.49. The van der Waals surface area contributed by atoms with E-state index >= 15 is 0 Å². The van der Waals surface area contributed by atoms with E-state index in [2.05, 4.69) is 15.4 Å². The van der Waals surface area contributed by atoms with E-state index in [4.69, 9.17) is 9.84 Å². The Morgan fingerprint density at radius 3 is 2.53 bits per heavy atom. The first-order valence-electron chi connectivity index (χ1n) is 11.3. The molecule has 3 amide bonds. The van der Waals surface area contributed by atoms with Gasteiger partial charge in [0.2, 0.25) is 0 Å². The number of carbonyl (C=O) groups is 2. The van der Waals surface area contributed by atoms with Crippen molar-refractivity contribution < 1.29 is 14.3 Å². The van der Waals surface area contributed by atoms with Gasteiger partial charge in [-0.2, -0.15) is 10.2 Å². The average Bonchev–Trinajstić information content (AvgIpc) is 3.41. The van der Waals surface area contributed by atoms with Crippen LogP contribution in [0.5, 0.6) is 5.75 Å². The Labute approximate surface area is 208 Å². The van der Waals surface area contributed by atoms with Gasteiger partial charge >= 0.3 is 6.03 Å². The molecule has 180 valence electrons. The Kier molecular flexibility index (Phi) is 6.03. The van der Waals surface area contributed by atoms with Crippen molar-refractivity contribution >= 4 is 18.2 Å². The number of urea groups is 1. The van der Waals surface area contributed by atoms with E-state index in [9.17, 15) is 9.59 Å². The Morgan fingerprint density at radius 1 is 1.06 bits per heavy atom. The van der Waals surface area contributed by atoms with Crippen molar-refractivity contribution in [2.75, 3.05) is 7.11 Å². The Balaban J connectivity index is 1.45. The largest absolute Gasteiger partial charge is 0.497 e. The lowest BCUT2D eigenvalue weighted by molar-refractivity contribution is -0.131. The van der Waals surface area contributed by atoms with Crippen LogP contribution in [0.25, 0.3) is 11.3 Å². The van der Waals surface area contributed by atoms with E-state index in [1.807, 2.05) is 48.7 Å². The molecule has 3 heterocycles. The summed E-state index contributed by atoms with van der Waals surface area (Å²) in [5.74, 6) is 0.179. The predicted octanol–water partition coefficient (Wildman–Crippen LogP) is 3.80.